The second-order valence-corrected chi connectivity index (χ2v) is 4.35. The summed E-state index contributed by atoms with van der Waals surface area (Å²) < 4.78 is 3.36. The number of hydrogen-bond acceptors (Lipinski definition) is 4. The Labute approximate surface area is 93.5 Å². The van der Waals surface area contributed by atoms with Crippen molar-refractivity contribution >= 4 is 21.9 Å². The number of ether oxygens (including phenoxy) is 1. The molecule has 0 amide bonds. The van der Waals surface area contributed by atoms with Crippen molar-refractivity contribution in [2.24, 2.45) is 0 Å². The van der Waals surface area contributed by atoms with E-state index in [0.717, 1.165) is 6.08 Å². The maximum absolute atomic E-state index is 10.9. The highest BCUT2D eigenvalue weighted by atomic mass is 79.9. The van der Waals surface area contributed by atoms with Crippen LogP contribution in [-0.2, 0) is 9.53 Å². The lowest BCUT2D eigenvalue weighted by molar-refractivity contribution is -0.424. The molecular formula is C8H8BrNO5. The van der Waals surface area contributed by atoms with Gasteiger partial charge in [0.25, 0.3) is 0 Å². The van der Waals surface area contributed by atoms with Crippen LogP contribution in [0.5, 0.6) is 0 Å². The number of allylic oxidation sites excluding steroid dienone is 1. The fourth-order valence-electron chi connectivity index (χ4n) is 1.17. The normalized spacial score (nSPS) is 25.2. The monoisotopic (exact) mass is 277 g/mol. The van der Waals surface area contributed by atoms with Crippen molar-refractivity contribution in [2.75, 3.05) is 7.11 Å². The SMILES string of the molecule is COC1=CCC(Br)(C(=O)O)C=C1[N+](=O)[O-]. The molecule has 1 rings (SSSR count). The molecule has 0 heterocycles. The van der Waals surface area contributed by atoms with E-state index in [2.05, 4.69) is 15.9 Å². The third-order valence-electron chi connectivity index (χ3n) is 1.97. The minimum Gasteiger partial charge on any atom is -0.490 e. The van der Waals surface area contributed by atoms with E-state index in [1.165, 1.54) is 13.2 Å². The number of methoxy groups -OCH3 is 1. The van der Waals surface area contributed by atoms with Gasteiger partial charge in [-0.2, -0.15) is 0 Å². The first kappa shape index (κ1) is 11.7. The lowest BCUT2D eigenvalue weighted by Gasteiger charge is -2.20. The van der Waals surface area contributed by atoms with Gasteiger partial charge in [0.05, 0.1) is 12.0 Å². The predicted molar refractivity (Wildman–Crippen MR) is 54.1 cm³/mol. The molecular weight excluding hydrogens is 270 g/mol. The van der Waals surface area contributed by atoms with Crippen LogP contribution in [0.1, 0.15) is 6.42 Å². The molecule has 0 fully saturated rings. The van der Waals surface area contributed by atoms with E-state index in [-0.39, 0.29) is 17.9 Å². The largest absolute Gasteiger partial charge is 0.490 e. The van der Waals surface area contributed by atoms with Gasteiger partial charge in [-0.05, 0) is 12.5 Å². The molecule has 1 unspecified atom stereocenters. The summed E-state index contributed by atoms with van der Waals surface area (Å²) in [6, 6.07) is 0. The van der Waals surface area contributed by atoms with Gasteiger partial charge in [-0.1, -0.05) is 15.9 Å². The van der Waals surface area contributed by atoms with Crippen molar-refractivity contribution in [3.8, 4) is 0 Å². The molecule has 0 radical (unpaired) electrons. The van der Waals surface area contributed by atoms with Gasteiger partial charge in [-0.15, -0.1) is 0 Å². The number of hydrogen-bond donors (Lipinski definition) is 1. The van der Waals surface area contributed by atoms with E-state index >= 15 is 0 Å². The molecule has 0 aromatic carbocycles. The molecule has 82 valence electrons. The lowest BCUT2D eigenvalue weighted by atomic mass is 9.98. The minimum absolute atomic E-state index is 0.0799. The van der Waals surface area contributed by atoms with Crippen molar-refractivity contribution in [3.05, 3.63) is 33.7 Å². The highest BCUT2D eigenvalue weighted by molar-refractivity contribution is 9.10. The number of nitrogens with zero attached hydrogens (tertiary/aromatic N) is 1. The summed E-state index contributed by atoms with van der Waals surface area (Å²) in [7, 11) is 1.30. The number of carboxylic acids is 1. The molecule has 0 aliphatic heterocycles. The average molecular weight is 278 g/mol. The maximum atomic E-state index is 10.9. The summed E-state index contributed by atoms with van der Waals surface area (Å²) in [6.07, 6.45) is 2.51. The first-order valence-corrected chi connectivity index (χ1v) is 4.74. The Balaban J connectivity index is 3.14. The Morgan fingerprint density at radius 3 is 2.80 bits per heavy atom. The van der Waals surface area contributed by atoms with Crippen LogP contribution in [-0.4, -0.2) is 27.4 Å². The van der Waals surface area contributed by atoms with Crippen molar-refractivity contribution in [1.29, 1.82) is 0 Å². The fraction of sp³-hybridized carbons (Fsp3) is 0.375. The number of nitro groups is 1. The number of rotatable bonds is 3. The molecule has 7 heteroatoms. The molecule has 1 N–H and O–H groups in total. The summed E-state index contributed by atoms with van der Waals surface area (Å²) in [4.78, 5) is 20.8. The molecule has 0 spiro atoms. The number of aliphatic carboxylic acids is 1. The summed E-state index contributed by atoms with van der Waals surface area (Å²) in [5.41, 5.74) is -0.344. The summed E-state index contributed by atoms with van der Waals surface area (Å²) >= 11 is 2.95. The van der Waals surface area contributed by atoms with Crippen molar-refractivity contribution < 1.29 is 19.6 Å². The van der Waals surface area contributed by atoms with E-state index in [1.807, 2.05) is 0 Å². The highest BCUT2D eigenvalue weighted by Crippen LogP contribution is 2.34. The van der Waals surface area contributed by atoms with Gasteiger partial charge in [0.15, 0.2) is 10.1 Å². The Morgan fingerprint density at radius 1 is 1.80 bits per heavy atom. The summed E-state index contributed by atoms with van der Waals surface area (Å²) in [5.74, 6) is -1.09. The smallest absolute Gasteiger partial charge is 0.324 e. The molecule has 0 bridgehead atoms. The zero-order valence-corrected chi connectivity index (χ0v) is 9.35. The van der Waals surface area contributed by atoms with Crippen LogP contribution in [0.4, 0.5) is 0 Å². The van der Waals surface area contributed by atoms with Crippen molar-refractivity contribution in [2.45, 2.75) is 10.7 Å². The topological polar surface area (TPSA) is 89.7 Å². The number of carbonyl (C=O) groups is 1. The van der Waals surface area contributed by atoms with E-state index in [1.54, 1.807) is 0 Å². The molecule has 6 nitrogen and oxygen atoms in total. The van der Waals surface area contributed by atoms with Gasteiger partial charge >= 0.3 is 11.7 Å². The average Bonchev–Trinajstić information content (AvgIpc) is 2.17. The second kappa shape index (κ2) is 4.01. The van der Waals surface area contributed by atoms with Gasteiger partial charge < -0.3 is 9.84 Å². The zero-order valence-electron chi connectivity index (χ0n) is 7.77. The summed E-state index contributed by atoms with van der Waals surface area (Å²) in [5, 5.41) is 19.5. The molecule has 0 saturated heterocycles. The van der Waals surface area contributed by atoms with Gasteiger partial charge in [0.2, 0.25) is 0 Å². The Bertz CT molecular complexity index is 375. The van der Waals surface area contributed by atoms with E-state index < -0.39 is 15.2 Å². The van der Waals surface area contributed by atoms with Crippen LogP contribution in [0.15, 0.2) is 23.6 Å². The quantitative estimate of drug-likeness (QED) is 0.477. The van der Waals surface area contributed by atoms with Crippen LogP contribution in [0.3, 0.4) is 0 Å². The third kappa shape index (κ3) is 2.17. The van der Waals surface area contributed by atoms with Crippen molar-refractivity contribution in [1.82, 2.24) is 0 Å². The molecule has 1 atom stereocenters. The van der Waals surface area contributed by atoms with Crippen LogP contribution >= 0.6 is 15.9 Å². The van der Waals surface area contributed by atoms with Gasteiger partial charge in [-0.25, -0.2) is 0 Å². The third-order valence-corrected chi connectivity index (χ3v) is 2.87. The zero-order chi connectivity index (χ0) is 11.6. The first-order chi connectivity index (χ1) is 6.90. The number of carboxylic acid groups (broad SMARTS) is 1. The molecule has 0 aromatic heterocycles. The van der Waals surface area contributed by atoms with E-state index in [4.69, 9.17) is 9.84 Å². The molecule has 1 aliphatic rings. The molecule has 1 aliphatic carbocycles. The maximum Gasteiger partial charge on any atom is 0.324 e. The van der Waals surface area contributed by atoms with Gasteiger partial charge in [0, 0.05) is 6.08 Å². The summed E-state index contributed by atoms with van der Waals surface area (Å²) in [6.45, 7) is 0. The van der Waals surface area contributed by atoms with Crippen LogP contribution < -0.4 is 0 Å². The van der Waals surface area contributed by atoms with Crippen molar-refractivity contribution in [3.63, 3.8) is 0 Å². The number of halogens is 1. The molecule has 0 aromatic rings. The second-order valence-electron chi connectivity index (χ2n) is 2.93. The highest BCUT2D eigenvalue weighted by Gasteiger charge is 2.40. The first-order valence-electron chi connectivity index (χ1n) is 3.95. The number of alkyl halides is 1. The molecule has 0 saturated carbocycles. The minimum atomic E-state index is -1.42. The standard InChI is InChI=1S/C8H8BrNO5/c1-15-6-2-3-8(9,7(11)12)4-5(6)10(13)14/h2,4H,3H2,1H3,(H,11,12). The van der Waals surface area contributed by atoms with Gasteiger partial charge in [0.1, 0.15) is 0 Å². The Morgan fingerprint density at radius 2 is 2.40 bits per heavy atom. The van der Waals surface area contributed by atoms with Crippen LogP contribution in [0.25, 0.3) is 0 Å². The van der Waals surface area contributed by atoms with Gasteiger partial charge in [-0.3, -0.25) is 14.9 Å². The molecule has 15 heavy (non-hydrogen) atoms. The lowest BCUT2D eigenvalue weighted by Crippen LogP contribution is -2.32. The predicted octanol–water partition coefficient (Wildman–Crippen LogP) is 1.30. The Kier molecular flexibility index (Phi) is 3.13. The van der Waals surface area contributed by atoms with E-state index in [0.29, 0.717) is 0 Å². The van der Waals surface area contributed by atoms with Crippen LogP contribution in [0.2, 0.25) is 0 Å². The fourth-order valence-corrected chi connectivity index (χ4v) is 1.55. The van der Waals surface area contributed by atoms with Crippen LogP contribution in [0, 0.1) is 10.1 Å². The Hall–Kier alpha value is -1.37. The van der Waals surface area contributed by atoms with E-state index in [9.17, 15) is 14.9 Å².